The van der Waals surface area contributed by atoms with Crippen molar-refractivity contribution >= 4 is 29.9 Å². The van der Waals surface area contributed by atoms with Crippen molar-refractivity contribution in [3.8, 4) is 5.75 Å². The highest BCUT2D eigenvalue weighted by atomic mass is 127. The zero-order chi connectivity index (χ0) is 19.1. The second-order valence-corrected chi connectivity index (χ2v) is 7.56. The first-order valence-corrected chi connectivity index (χ1v) is 10.2. The first-order chi connectivity index (χ1) is 13.2. The van der Waals surface area contributed by atoms with Crippen LogP contribution < -0.4 is 10.1 Å². The van der Waals surface area contributed by atoms with Gasteiger partial charge in [-0.05, 0) is 26.0 Å². The molecular weight excluding hydrogens is 467 g/mol. The molecule has 6 nitrogen and oxygen atoms in total. The van der Waals surface area contributed by atoms with Crippen LogP contribution in [0.5, 0.6) is 5.75 Å². The normalized spacial score (nSPS) is 23.0. The second kappa shape index (κ2) is 11.8. The van der Waals surface area contributed by atoms with Crippen molar-refractivity contribution in [3.05, 3.63) is 30.3 Å². The lowest BCUT2D eigenvalue weighted by atomic mass is 10.1. The average Bonchev–Trinajstić information content (AvgIpc) is 2.70. The van der Waals surface area contributed by atoms with Gasteiger partial charge in [-0.3, -0.25) is 9.89 Å². The zero-order valence-corrected chi connectivity index (χ0v) is 19.7. The molecule has 2 aliphatic rings. The number of likely N-dealkylation sites (tertiary alicyclic amines) is 1. The maximum atomic E-state index is 6.10. The number of hydrogen-bond acceptors (Lipinski definition) is 4. The number of rotatable bonds is 5. The number of piperidine rings is 1. The van der Waals surface area contributed by atoms with Crippen LogP contribution in [-0.2, 0) is 4.74 Å². The topological polar surface area (TPSA) is 49.3 Å². The Hall–Kier alpha value is -1.06. The minimum Gasteiger partial charge on any atom is -0.490 e. The Kier molecular flexibility index (Phi) is 9.81. The second-order valence-electron chi connectivity index (χ2n) is 7.56. The number of para-hydroxylation sites is 1. The number of aliphatic imine (C=N–C) groups is 1. The van der Waals surface area contributed by atoms with Gasteiger partial charge in [0.15, 0.2) is 5.96 Å². The summed E-state index contributed by atoms with van der Waals surface area (Å²) in [5.41, 5.74) is 0. The van der Waals surface area contributed by atoms with E-state index in [0.29, 0.717) is 12.1 Å². The molecule has 28 heavy (non-hydrogen) atoms. The number of hydrogen-bond donors (Lipinski definition) is 1. The van der Waals surface area contributed by atoms with Crippen molar-refractivity contribution in [1.29, 1.82) is 0 Å². The number of nitrogens with zero attached hydrogens (tertiary/aromatic N) is 3. The minimum atomic E-state index is 0. The van der Waals surface area contributed by atoms with E-state index in [9.17, 15) is 0 Å². The van der Waals surface area contributed by atoms with E-state index < -0.39 is 0 Å². The maximum Gasteiger partial charge on any atom is 0.193 e. The molecule has 0 spiro atoms. The third-order valence-corrected chi connectivity index (χ3v) is 5.54. The van der Waals surface area contributed by atoms with Crippen molar-refractivity contribution in [3.63, 3.8) is 0 Å². The number of benzene rings is 1. The van der Waals surface area contributed by atoms with Gasteiger partial charge in [-0.1, -0.05) is 18.2 Å². The van der Waals surface area contributed by atoms with E-state index in [2.05, 4.69) is 34.0 Å². The van der Waals surface area contributed by atoms with Gasteiger partial charge in [0.1, 0.15) is 11.9 Å². The fraction of sp³-hybridized carbons (Fsp3) is 0.667. The first kappa shape index (κ1) is 23.2. The predicted octanol–water partition coefficient (Wildman–Crippen LogP) is 2.83. The molecule has 0 saturated carbocycles. The van der Waals surface area contributed by atoms with E-state index in [1.54, 1.807) is 0 Å². The molecule has 2 aliphatic heterocycles. The molecule has 1 aromatic carbocycles. The van der Waals surface area contributed by atoms with E-state index in [1.807, 2.05) is 37.4 Å². The Morgan fingerprint density at radius 3 is 2.61 bits per heavy atom. The Morgan fingerprint density at radius 1 is 1.25 bits per heavy atom. The summed E-state index contributed by atoms with van der Waals surface area (Å²) in [7, 11) is 1.87. The van der Waals surface area contributed by atoms with Crippen molar-refractivity contribution < 1.29 is 9.47 Å². The van der Waals surface area contributed by atoms with Gasteiger partial charge in [-0.15, -0.1) is 24.0 Å². The van der Waals surface area contributed by atoms with Crippen LogP contribution in [0.4, 0.5) is 0 Å². The Labute approximate surface area is 186 Å². The summed E-state index contributed by atoms with van der Waals surface area (Å²) >= 11 is 0. The lowest BCUT2D eigenvalue weighted by molar-refractivity contribution is -0.0175. The molecular formula is C21H35IN4O2. The Morgan fingerprint density at radius 2 is 1.96 bits per heavy atom. The molecule has 0 aliphatic carbocycles. The number of morpholine rings is 1. The van der Waals surface area contributed by atoms with E-state index >= 15 is 0 Å². The molecule has 0 amide bonds. The lowest BCUT2D eigenvalue weighted by Crippen LogP contribution is -2.54. The molecule has 0 radical (unpaired) electrons. The minimum absolute atomic E-state index is 0. The SMILES string of the molecule is CN=C(NCC(C)N1CCOCC1C)N1CCC(Oc2ccccc2)CC1.I. The van der Waals surface area contributed by atoms with E-state index in [0.717, 1.165) is 63.9 Å². The standard InChI is InChI=1S/C21H34N4O2.HI/c1-17(25-13-14-26-16-18(25)2)15-23-21(22-3)24-11-9-20(10-12-24)27-19-7-5-4-6-8-19;/h4-8,17-18,20H,9-16H2,1-3H3,(H,22,23);1H. The predicted molar refractivity (Wildman–Crippen MR) is 125 cm³/mol. The van der Waals surface area contributed by atoms with Crippen LogP contribution >= 0.6 is 24.0 Å². The largest absolute Gasteiger partial charge is 0.490 e. The Balaban J connectivity index is 0.00000280. The first-order valence-electron chi connectivity index (χ1n) is 10.2. The zero-order valence-electron chi connectivity index (χ0n) is 17.3. The van der Waals surface area contributed by atoms with Gasteiger partial charge in [0.05, 0.1) is 13.2 Å². The van der Waals surface area contributed by atoms with E-state index in [1.165, 1.54) is 0 Å². The molecule has 0 aromatic heterocycles. The number of guanidine groups is 1. The van der Waals surface area contributed by atoms with Gasteiger partial charge in [-0.2, -0.15) is 0 Å². The number of nitrogens with one attached hydrogen (secondary N) is 1. The molecule has 2 fully saturated rings. The summed E-state index contributed by atoms with van der Waals surface area (Å²) in [6, 6.07) is 11.0. The fourth-order valence-corrected chi connectivity index (χ4v) is 3.96. The quantitative estimate of drug-likeness (QED) is 0.382. The molecule has 1 N–H and O–H groups in total. The molecule has 3 rings (SSSR count). The highest BCUT2D eigenvalue weighted by Crippen LogP contribution is 2.18. The Bertz CT molecular complexity index is 593. The summed E-state index contributed by atoms with van der Waals surface area (Å²) in [4.78, 5) is 9.37. The van der Waals surface area contributed by atoms with Crippen LogP contribution in [0.1, 0.15) is 26.7 Å². The summed E-state index contributed by atoms with van der Waals surface area (Å²) in [5.74, 6) is 1.97. The molecule has 2 atom stereocenters. The summed E-state index contributed by atoms with van der Waals surface area (Å²) in [6.45, 7) is 10.0. The van der Waals surface area contributed by atoms with Crippen LogP contribution in [-0.4, -0.2) is 80.4 Å². The van der Waals surface area contributed by atoms with Crippen molar-refractivity contribution in [2.45, 2.75) is 44.9 Å². The van der Waals surface area contributed by atoms with Crippen LogP contribution in [0, 0.1) is 0 Å². The number of halogens is 1. The summed E-state index contributed by atoms with van der Waals surface area (Å²) in [5, 5.41) is 3.57. The molecule has 7 heteroatoms. The molecule has 0 bridgehead atoms. The maximum absolute atomic E-state index is 6.10. The highest BCUT2D eigenvalue weighted by Gasteiger charge is 2.26. The molecule has 2 unspecified atom stereocenters. The summed E-state index contributed by atoms with van der Waals surface area (Å²) in [6.07, 6.45) is 2.33. The third-order valence-electron chi connectivity index (χ3n) is 5.54. The van der Waals surface area contributed by atoms with Gasteiger partial charge in [-0.25, -0.2) is 0 Å². The molecule has 2 heterocycles. The monoisotopic (exact) mass is 502 g/mol. The number of ether oxygens (including phenoxy) is 2. The van der Waals surface area contributed by atoms with Gasteiger partial charge >= 0.3 is 0 Å². The van der Waals surface area contributed by atoms with Gasteiger partial charge < -0.3 is 19.7 Å². The lowest BCUT2D eigenvalue weighted by Gasteiger charge is -2.39. The molecule has 1 aromatic rings. The van der Waals surface area contributed by atoms with Crippen molar-refractivity contribution in [1.82, 2.24) is 15.1 Å². The molecule has 2 saturated heterocycles. The van der Waals surface area contributed by atoms with Crippen LogP contribution in [0.15, 0.2) is 35.3 Å². The van der Waals surface area contributed by atoms with Gasteiger partial charge in [0.2, 0.25) is 0 Å². The fourth-order valence-electron chi connectivity index (χ4n) is 3.96. The highest BCUT2D eigenvalue weighted by molar-refractivity contribution is 14.0. The summed E-state index contributed by atoms with van der Waals surface area (Å²) < 4.78 is 11.7. The van der Waals surface area contributed by atoms with Crippen molar-refractivity contribution in [2.75, 3.05) is 46.4 Å². The van der Waals surface area contributed by atoms with Crippen molar-refractivity contribution in [2.24, 2.45) is 4.99 Å². The van der Waals surface area contributed by atoms with Crippen LogP contribution in [0.3, 0.4) is 0 Å². The van der Waals surface area contributed by atoms with E-state index in [4.69, 9.17) is 9.47 Å². The van der Waals surface area contributed by atoms with Gasteiger partial charge in [0.25, 0.3) is 0 Å². The van der Waals surface area contributed by atoms with Crippen LogP contribution in [0.2, 0.25) is 0 Å². The van der Waals surface area contributed by atoms with E-state index in [-0.39, 0.29) is 30.1 Å². The third kappa shape index (κ3) is 6.49. The van der Waals surface area contributed by atoms with Crippen LogP contribution in [0.25, 0.3) is 0 Å². The molecule has 158 valence electrons. The average molecular weight is 502 g/mol. The van der Waals surface area contributed by atoms with Gasteiger partial charge in [0, 0.05) is 58.2 Å². The smallest absolute Gasteiger partial charge is 0.193 e.